The van der Waals surface area contributed by atoms with Crippen LogP contribution in [0.3, 0.4) is 0 Å². The number of hydrogen-bond donors (Lipinski definition) is 3. The van der Waals surface area contributed by atoms with E-state index >= 15 is 0 Å². The van der Waals surface area contributed by atoms with Crippen LogP contribution in [0.25, 0.3) is 0 Å². The molecule has 5 atom stereocenters. The largest absolute Gasteiger partial charge is 0.396 e. The number of fused-ring (bicyclic) bond motifs is 5. The molecular formula is C21H35IN4O3. The van der Waals surface area contributed by atoms with E-state index in [-0.39, 0.29) is 71.5 Å². The first-order valence-electron chi connectivity index (χ1n) is 10.6. The van der Waals surface area contributed by atoms with Gasteiger partial charge >= 0.3 is 0 Å². The number of allylic oxidation sites excluding steroid dienone is 2. The second kappa shape index (κ2) is 10.2. The summed E-state index contributed by atoms with van der Waals surface area (Å²) in [7, 11) is 0. The van der Waals surface area contributed by atoms with Gasteiger partial charge in [0.25, 0.3) is 0 Å². The van der Waals surface area contributed by atoms with Gasteiger partial charge in [0.1, 0.15) is 0 Å². The molecule has 2 amide bonds. The van der Waals surface area contributed by atoms with Crippen molar-refractivity contribution in [1.82, 2.24) is 15.5 Å². The van der Waals surface area contributed by atoms with Crippen molar-refractivity contribution in [3.05, 3.63) is 12.2 Å². The number of aliphatic hydroxyl groups excluding tert-OH is 1. The van der Waals surface area contributed by atoms with E-state index in [2.05, 4.69) is 27.8 Å². The van der Waals surface area contributed by atoms with E-state index in [4.69, 9.17) is 0 Å². The van der Waals surface area contributed by atoms with Crippen LogP contribution in [0.1, 0.15) is 40.0 Å². The minimum absolute atomic E-state index is 0. The van der Waals surface area contributed by atoms with Crippen LogP contribution in [-0.2, 0) is 9.59 Å². The summed E-state index contributed by atoms with van der Waals surface area (Å²) in [6.45, 7) is 8.55. The number of carbonyl (C=O) groups excluding carboxylic acids is 2. The fourth-order valence-electron chi connectivity index (χ4n) is 4.51. The van der Waals surface area contributed by atoms with Gasteiger partial charge in [0, 0.05) is 25.0 Å². The Bertz CT molecular complexity index is 632. The highest BCUT2D eigenvalue weighted by Gasteiger charge is 2.58. The lowest BCUT2D eigenvalue weighted by Crippen LogP contribution is -2.40. The average Bonchev–Trinajstić information content (AvgIpc) is 3.38. The van der Waals surface area contributed by atoms with E-state index in [1.807, 2.05) is 20.8 Å². The van der Waals surface area contributed by atoms with Gasteiger partial charge in [-0.15, -0.1) is 24.0 Å². The number of likely N-dealkylation sites (tertiary alicyclic amines) is 1. The number of halogens is 1. The normalized spacial score (nSPS) is 29.7. The molecule has 2 bridgehead atoms. The number of amides is 2. The van der Waals surface area contributed by atoms with Crippen LogP contribution in [0, 0.1) is 29.1 Å². The number of imide groups is 1. The maximum absolute atomic E-state index is 12.7. The van der Waals surface area contributed by atoms with E-state index in [1.165, 1.54) is 4.90 Å². The van der Waals surface area contributed by atoms with Crippen molar-refractivity contribution >= 4 is 41.8 Å². The lowest BCUT2D eigenvalue weighted by Gasteiger charge is -2.24. The third kappa shape index (κ3) is 4.95. The number of hydrogen-bond acceptors (Lipinski definition) is 4. The predicted molar refractivity (Wildman–Crippen MR) is 124 cm³/mol. The summed E-state index contributed by atoms with van der Waals surface area (Å²) in [5.41, 5.74) is -0.220. The average molecular weight is 518 g/mol. The second-order valence-corrected chi connectivity index (χ2v) is 8.63. The quantitative estimate of drug-likeness (QED) is 0.108. The Kier molecular flexibility index (Phi) is 8.51. The van der Waals surface area contributed by atoms with Crippen LogP contribution >= 0.6 is 24.0 Å². The number of rotatable bonds is 9. The van der Waals surface area contributed by atoms with Gasteiger partial charge in [-0.25, -0.2) is 0 Å². The fraction of sp³-hybridized carbons (Fsp3) is 0.762. The molecule has 5 unspecified atom stereocenters. The van der Waals surface area contributed by atoms with Crippen LogP contribution < -0.4 is 10.6 Å². The van der Waals surface area contributed by atoms with Crippen molar-refractivity contribution in [2.45, 2.75) is 40.0 Å². The van der Waals surface area contributed by atoms with E-state index in [9.17, 15) is 14.7 Å². The Labute approximate surface area is 190 Å². The Morgan fingerprint density at radius 2 is 1.83 bits per heavy atom. The second-order valence-electron chi connectivity index (χ2n) is 8.63. The zero-order valence-corrected chi connectivity index (χ0v) is 20.0. The maximum Gasteiger partial charge on any atom is 0.233 e. The highest BCUT2D eigenvalue weighted by Crippen LogP contribution is 2.52. The first-order chi connectivity index (χ1) is 13.4. The highest BCUT2D eigenvalue weighted by molar-refractivity contribution is 14.0. The lowest BCUT2D eigenvalue weighted by atomic mass is 9.85. The summed E-state index contributed by atoms with van der Waals surface area (Å²) in [4.78, 5) is 31.4. The van der Waals surface area contributed by atoms with Crippen LogP contribution in [-0.4, -0.2) is 60.6 Å². The Hall–Kier alpha value is -1.16. The third-order valence-corrected chi connectivity index (χ3v) is 6.61. The van der Waals surface area contributed by atoms with Crippen LogP contribution in [0.4, 0.5) is 0 Å². The zero-order chi connectivity index (χ0) is 20.3. The summed E-state index contributed by atoms with van der Waals surface area (Å²) >= 11 is 0. The topological polar surface area (TPSA) is 94.0 Å². The first kappa shape index (κ1) is 24.1. The summed E-state index contributed by atoms with van der Waals surface area (Å²) in [5, 5.41) is 16.0. The number of nitrogens with one attached hydrogen (secondary N) is 2. The summed E-state index contributed by atoms with van der Waals surface area (Å²) in [6, 6.07) is 0. The van der Waals surface area contributed by atoms with Gasteiger partial charge in [0.2, 0.25) is 11.8 Å². The molecule has 7 nitrogen and oxygen atoms in total. The van der Waals surface area contributed by atoms with Crippen molar-refractivity contribution in [2.24, 2.45) is 34.1 Å². The minimum Gasteiger partial charge on any atom is -0.396 e. The van der Waals surface area contributed by atoms with Gasteiger partial charge in [-0.2, -0.15) is 0 Å². The van der Waals surface area contributed by atoms with Crippen LogP contribution in [0.5, 0.6) is 0 Å². The molecule has 2 fully saturated rings. The molecule has 3 aliphatic rings. The third-order valence-electron chi connectivity index (χ3n) is 6.61. The first-order valence-corrected chi connectivity index (χ1v) is 10.6. The van der Waals surface area contributed by atoms with Gasteiger partial charge in [-0.1, -0.05) is 26.0 Å². The van der Waals surface area contributed by atoms with Gasteiger partial charge in [0.15, 0.2) is 5.96 Å². The number of aliphatic imine (C=N–C) groups is 1. The van der Waals surface area contributed by atoms with Gasteiger partial charge < -0.3 is 15.7 Å². The van der Waals surface area contributed by atoms with E-state index in [0.717, 1.165) is 19.4 Å². The van der Waals surface area contributed by atoms with Crippen molar-refractivity contribution in [3.63, 3.8) is 0 Å². The minimum atomic E-state index is -0.220. The molecule has 0 aromatic carbocycles. The van der Waals surface area contributed by atoms with E-state index in [1.54, 1.807) is 0 Å². The monoisotopic (exact) mass is 518 g/mol. The number of nitrogens with zero attached hydrogens (tertiary/aromatic N) is 2. The number of carbonyl (C=O) groups is 2. The fourth-order valence-corrected chi connectivity index (χ4v) is 4.51. The molecule has 164 valence electrons. The standard InChI is InChI=1S/C21H34N4O3.HI/c1-4-21(3,13-26)12-24-20(22-5-2)23-9-6-10-25-18(27)16-14-7-8-15(11-14)17(16)19(25)28;/h7-8,14-17,26H,4-6,9-13H2,1-3H3,(H2,22,23,24);1H. The molecule has 3 rings (SSSR count). The van der Waals surface area contributed by atoms with Gasteiger partial charge in [-0.3, -0.25) is 19.5 Å². The molecule has 3 N–H and O–H groups in total. The zero-order valence-electron chi connectivity index (χ0n) is 17.7. The Balaban J connectivity index is 0.00000300. The smallest absolute Gasteiger partial charge is 0.233 e. The van der Waals surface area contributed by atoms with E-state index in [0.29, 0.717) is 32.0 Å². The Morgan fingerprint density at radius 1 is 1.21 bits per heavy atom. The predicted octanol–water partition coefficient (Wildman–Crippen LogP) is 1.77. The molecule has 0 aromatic heterocycles. The summed E-state index contributed by atoms with van der Waals surface area (Å²) < 4.78 is 0. The van der Waals surface area contributed by atoms with Crippen molar-refractivity contribution in [3.8, 4) is 0 Å². The molecule has 0 spiro atoms. The molecule has 1 saturated carbocycles. The molecule has 1 aliphatic heterocycles. The molecule has 2 aliphatic carbocycles. The van der Waals surface area contributed by atoms with Crippen molar-refractivity contribution in [1.29, 1.82) is 0 Å². The highest BCUT2D eigenvalue weighted by atomic mass is 127. The maximum atomic E-state index is 12.7. The van der Waals surface area contributed by atoms with Gasteiger partial charge in [-0.05, 0) is 38.0 Å². The van der Waals surface area contributed by atoms with Crippen molar-refractivity contribution < 1.29 is 14.7 Å². The molecule has 8 heteroatoms. The molecule has 1 saturated heterocycles. The SMILES string of the molecule is CCNC(=NCC(C)(CC)CO)NCCCN1C(=O)C2C3C=CC(C3)C2C1=O.I. The van der Waals surface area contributed by atoms with Crippen LogP contribution in [0.15, 0.2) is 17.1 Å². The number of guanidine groups is 1. The lowest BCUT2D eigenvalue weighted by molar-refractivity contribution is -0.140. The number of aliphatic hydroxyl groups is 1. The Morgan fingerprint density at radius 3 is 2.34 bits per heavy atom. The molecule has 0 aromatic rings. The molecule has 1 heterocycles. The molecule has 0 radical (unpaired) electrons. The summed E-state index contributed by atoms with van der Waals surface area (Å²) in [6.07, 6.45) is 6.75. The van der Waals surface area contributed by atoms with E-state index < -0.39 is 0 Å². The molecular weight excluding hydrogens is 483 g/mol. The summed E-state index contributed by atoms with van der Waals surface area (Å²) in [5.74, 6) is 1.05. The van der Waals surface area contributed by atoms with Crippen molar-refractivity contribution in [2.75, 3.05) is 32.8 Å². The van der Waals surface area contributed by atoms with Crippen LogP contribution in [0.2, 0.25) is 0 Å². The molecule has 29 heavy (non-hydrogen) atoms. The van der Waals surface area contributed by atoms with Gasteiger partial charge in [0.05, 0.1) is 25.0 Å².